The van der Waals surface area contributed by atoms with Crippen molar-refractivity contribution >= 4 is 33.8 Å². The van der Waals surface area contributed by atoms with Crippen molar-refractivity contribution in [1.82, 2.24) is 9.97 Å². The second-order valence-electron chi connectivity index (χ2n) is 6.35. The molecule has 0 saturated heterocycles. The lowest BCUT2D eigenvalue weighted by Gasteiger charge is -2.40. The molecule has 2 heterocycles. The van der Waals surface area contributed by atoms with Gasteiger partial charge in [0.15, 0.2) is 4.77 Å². The molecule has 4 rings (SSSR count). The Morgan fingerprint density at radius 3 is 2.70 bits per heavy atom. The van der Waals surface area contributed by atoms with Crippen LogP contribution in [0.5, 0.6) is 0 Å². The van der Waals surface area contributed by atoms with E-state index in [2.05, 4.69) is 9.97 Å². The summed E-state index contributed by atoms with van der Waals surface area (Å²) in [6.45, 7) is 0. The van der Waals surface area contributed by atoms with Gasteiger partial charge in [0.1, 0.15) is 4.83 Å². The fraction of sp³-hybridized carbons (Fsp3) is 0.600. The molecular weight excluding hydrogens is 288 g/mol. The average molecular weight is 306 g/mol. The van der Waals surface area contributed by atoms with E-state index < -0.39 is 0 Å². The van der Waals surface area contributed by atoms with Gasteiger partial charge >= 0.3 is 0 Å². The summed E-state index contributed by atoms with van der Waals surface area (Å²) in [5.74, 6) is 0. The van der Waals surface area contributed by atoms with Gasteiger partial charge in [-0.1, -0.05) is 19.3 Å². The van der Waals surface area contributed by atoms with Gasteiger partial charge in [-0.25, -0.2) is 0 Å². The van der Waals surface area contributed by atoms with Crippen molar-refractivity contribution in [2.75, 3.05) is 0 Å². The lowest BCUT2D eigenvalue weighted by molar-refractivity contribution is 0.164. The standard InChI is InChI=1S/C15H18N2OS2/c18-12-11-9-4-7-15(5-2-1-3-6-15)8-10(9)20-13(11)17-14(19)16-12/h1-8H2,(H2,16,17,18,19). The number of H-pyrrole nitrogens is 2. The molecule has 2 N–H and O–H groups in total. The Bertz CT molecular complexity index is 777. The first-order valence-corrected chi connectivity index (χ1v) is 8.66. The summed E-state index contributed by atoms with van der Waals surface area (Å²) in [4.78, 5) is 20.4. The minimum Gasteiger partial charge on any atom is -0.323 e. The number of nitrogens with one attached hydrogen (secondary N) is 2. The molecule has 1 fully saturated rings. The van der Waals surface area contributed by atoms with E-state index >= 15 is 0 Å². The number of hydrogen-bond donors (Lipinski definition) is 2. The minimum atomic E-state index is -0.0131. The number of hydrogen-bond acceptors (Lipinski definition) is 3. The molecule has 0 aromatic carbocycles. The van der Waals surface area contributed by atoms with Gasteiger partial charge in [-0.2, -0.15) is 0 Å². The third-order valence-corrected chi connectivity index (χ3v) is 6.48. The predicted octanol–water partition coefficient (Wildman–Crippen LogP) is 4.09. The summed E-state index contributed by atoms with van der Waals surface area (Å²) >= 11 is 6.84. The van der Waals surface area contributed by atoms with E-state index in [1.165, 1.54) is 55.4 Å². The molecule has 0 radical (unpaired) electrons. The topological polar surface area (TPSA) is 48.6 Å². The normalized spacial score (nSPS) is 21.2. The molecule has 1 saturated carbocycles. The highest BCUT2D eigenvalue weighted by Gasteiger charge is 2.37. The number of fused-ring (bicyclic) bond motifs is 3. The maximum Gasteiger partial charge on any atom is 0.260 e. The molecule has 0 atom stereocenters. The molecular formula is C15H18N2OS2. The van der Waals surface area contributed by atoms with E-state index in [0.29, 0.717) is 10.2 Å². The zero-order chi connectivity index (χ0) is 13.7. The van der Waals surface area contributed by atoms with Crippen molar-refractivity contribution in [3.63, 3.8) is 0 Å². The van der Waals surface area contributed by atoms with Crippen LogP contribution in [0.25, 0.3) is 10.2 Å². The van der Waals surface area contributed by atoms with Gasteiger partial charge < -0.3 is 4.98 Å². The molecule has 2 aliphatic rings. The highest BCUT2D eigenvalue weighted by atomic mass is 32.1. The van der Waals surface area contributed by atoms with E-state index in [1.54, 1.807) is 11.3 Å². The molecule has 0 amide bonds. The fourth-order valence-corrected chi connectivity index (χ4v) is 5.78. The molecule has 1 spiro atoms. The van der Waals surface area contributed by atoms with Gasteiger partial charge in [-0.05, 0) is 55.3 Å². The van der Waals surface area contributed by atoms with Crippen molar-refractivity contribution in [3.05, 3.63) is 25.6 Å². The van der Waals surface area contributed by atoms with Gasteiger partial charge in [0.2, 0.25) is 0 Å². The quantitative estimate of drug-likeness (QED) is 0.720. The third-order valence-electron chi connectivity index (χ3n) is 5.13. The Morgan fingerprint density at radius 1 is 1.10 bits per heavy atom. The number of thiophene rings is 1. The van der Waals surface area contributed by atoms with Crippen LogP contribution >= 0.6 is 23.6 Å². The minimum absolute atomic E-state index is 0.0131. The molecule has 5 heteroatoms. The lowest BCUT2D eigenvalue weighted by atomic mass is 9.65. The Hall–Kier alpha value is -0.940. The van der Waals surface area contributed by atoms with E-state index in [1.807, 2.05) is 0 Å². The summed E-state index contributed by atoms with van der Waals surface area (Å²) in [6, 6.07) is 0. The third kappa shape index (κ3) is 1.91. The monoisotopic (exact) mass is 306 g/mol. The van der Waals surface area contributed by atoms with Crippen molar-refractivity contribution in [2.24, 2.45) is 5.41 Å². The van der Waals surface area contributed by atoms with Crippen molar-refractivity contribution < 1.29 is 0 Å². The van der Waals surface area contributed by atoms with Gasteiger partial charge in [0.05, 0.1) is 5.39 Å². The van der Waals surface area contributed by atoms with E-state index in [-0.39, 0.29) is 5.56 Å². The average Bonchev–Trinajstić information content (AvgIpc) is 2.76. The smallest absolute Gasteiger partial charge is 0.260 e. The summed E-state index contributed by atoms with van der Waals surface area (Å²) in [6.07, 6.45) is 10.4. The first-order valence-electron chi connectivity index (χ1n) is 7.44. The second kappa shape index (κ2) is 4.53. The highest BCUT2D eigenvalue weighted by molar-refractivity contribution is 7.71. The van der Waals surface area contributed by atoms with Crippen LogP contribution in [0.2, 0.25) is 0 Å². The van der Waals surface area contributed by atoms with Crippen LogP contribution in [0, 0.1) is 10.2 Å². The molecule has 0 aliphatic heterocycles. The number of rotatable bonds is 0. The van der Waals surface area contributed by atoms with Crippen LogP contribution in [0.1, 0.15) is 49.0 Å². The second-order valence-corrected chi connectivity index (χ2v) is 7.87. The fourth-order valence-electron chi connectivity index (χ4n) is 4.10. The molecule has 2 aromatic heterocycles. The molecule has 106 valence electrons. The molecule has 2 aromatic rings. The first-order chi connectivity index (χ1) is 9.67. The van der Waals surface area contributed by atoms with Crippen LogP contribution in [0.15, 0.2) is 4.79 Å². The summed E-state index contributed by atoms with van der Waals surface area (Å²) in [5.41, 5.74) is 1.80. The summed E-state index contributed by atoms with van der Waals surface area (Å²) < 4.78 is 0.438. The van der Waals surface area contributed by atoms with Gasteiger partial charge in [-0.15, -0.1) is 11.3 Å². The van der Waals surface area contributed by atoms with Crippen molar-refractivity contribution in [1.29, 1.82) is 0 Å². The molecule has 0 unspecified atom stereocenters. The molecule has 0 bridgehead atoms. The number of aryl methyl sites for hydroxylation is 1. The summed E-state index contributed by atoms with van der Waals surface area (Å²) in [7, 11) is 0. The maximum atomic E-state index is 12.2. The van der Waals surface area contributed by atoms with Crippen molar-refractivity contribution in [2.45, 2.75) is 51.4 Å². The lowest BCUT2D eigenvalue weighted by Crippen LogP contribution is -2.30. The van der Waals surface area contributed by atoms with Gasteiger partial charge in [0.25, 0.3) is 5.56 Å². The number of aromatic nitrogens is 2. The summed E-state index contributed by atoms with van der Waals surface area (Å²) in [5, 5.41) is 0.865. The first kappa shape index (κ1) is 12.8. The van der Waals surface area contributed by atoms with Crippen LogP contribution < -0.4 is 5.56 Å². The zero-order valence-electron chi connectivity index (χ0n) is 11.4. The Kier molecular flexibility index (Phi) is 2.89. The SMILES string of the molecule is O=c1[nH]c(=S)[nH]c2sc3c(c12)CCC1(CCCCC1)C3. The number of aromatic amines is 2. The maximum absolute atomic E-state index is 12.2. The predicted molar refractivity (Wildman–Crippen MR) is 85.2 cm³/mol. The van der Waals surface area contributed by atoms with E-state index in [0.717, 1.165) is 16.6 Å². The largest absolute Gasteiger partial charge is 0.323 e. The zero-order valence-corrected chi connectivity index (χ0v) is 13.0. The van der Waals surface area contributed by atoms with Crippen molar-refractivity contribution in [3.8, 4) is 0 Å². The molecule has 20 heavy (non-hydrogen) atoms. The van der Waals surface area contributed by atoms with Gasteiger partial charge in [-0.3, -0.25) is 9.78 Å². The van der Waals surface area contributed by atoms with Gasteiger partial charge in [0, 0.05) is 4.88 Å². The molecule has 2 aliphatic carbocycles. The van der Waals surface area contributed by atoms with E-state index in [9.17, 15) is 4.79 Å². The molecule has 3 nitrogen and oxygen atoms in total. The Morgan fingerprint density at radius 2 is 1.90 bits per heavy atom. The van der Waals surface area contributed by atoms with Crippen LogP contribution in [0.4, 0.5) is 0 Å². The van der Waals surface area contributed by atoms with Crippen LogP contribution in [-0.4, -0.2) is 9.97 Å². The Balaban J connectivity index is 1.85. The Labute approximate surface area is 126 Å². The highest BCUT2D eigenvalue weighted by Crippen LogP contribution is 2.48. The van der Waals surface area contributed by atoms with Crippen LogP contribution in [0.3, 0.4) is 0 Å². The van der Waals surface area contributed by atoms with E-state index in [4.69, 9.17) is 12.2 Å². The van der Waals surface area contributed by atoms with Crippen LogP contribution in [-0.2, 0) is 12.8 Å².